The van der Waals surface area contributed by atoms with E-state index in [4.69, 9.17) is 4.99 Å². The number of ketones is 1. The molecule has 0 unspecified atom stereocenters. The molecule has 3 rings (SSSR count). The van der Waals surface area contributed by atoms with E-state index in [-0.39, 0.29) is 17.2 Å². The number of carbonyl (C=O) groups is 1. The number of nitro groups is 1. The minimum absolute atomic E-state index is 0.0181. The summed E-state index contributed by atoms with van der Waals surface area (Å²) in [7, 11) is 2.18. The summed E-state index contributed by atoms with van der Waals surface area (Å²) >= 11 is 1.42. The summed E-state index contributed by atoms with van der Waals surface area (Å²) in [5, 5.41) is 11.6. The number of non-ortho nitro benzene ring substituents is 1. The Labute approximate surface area is 168 Å². The number of piperazine rings is 1. The van der Waals surface area contributed by atoms with E-state index in [0.717, 1.165) is 37.0 Å². The Morgan fingerprint density at radius 2 is 1.79 bits per heavy atom. The second-order valence-electron chi connectivity index (χ2n) is 6.69. The summed E-state index contributed by atoms with van der Waals surface area (Å²) in [6.07, 6.45) is 0. The first-order chi connectivity index (χ1) is 13.5. The fourth-order valence-electron chi connectivity index (χ4n) is 2.87. The lowest BCUT2D eigenvalue weighted by Gasteiger charge is -2.32. The number of nitrogens with zero attached hydrogens (tertiary/aromatic N) is 3. The molecule has 28 heavy (non-hydrogen) atoms. The molecule has 2 aromatic carbocycles. The Bertz CT molecular complexity index is 848. The molecule has 0 atom stereocenters. The highest BCUT2D eigenvalue weighted by molar-refractivity contribution is 8.14. The number of aliphatic imine (C=N–C) groups is 1. The number of thioether (sulfide) groups is 1. The van der Waals surface area contributed by atoms with Crippen LogP contribution >= 0.6 is 11.8 Å². The third-order valence-electron chi connectivity index (χ3n) is 4.60. The number of likely N-dealkylation sites (N-methyl/N-ethyl adjacent to an activating group) is 1. The monoisotopic (exact) mass is 399 g/mol. The average Bonchev–Trinajstić information content (AvgIpc) is 2.72. The molecule has 0 amide bonds. The number of hydrogen-bond acceptors (Lipinski definition) is 5. The topological polar surface area (TPSA) is 80.2 Å². The van der Waals surface area contributed by atoms with Gasteiger partial charge in [-0.15, -0.1) is 0 Å². The van der Waals surface area contributed by atoms with Crippen molar-refractivity contribution >= 4 is 34.1 Å². The molecule has 1 aliphatic rings. The van der Waals surface area contributed by atoms with Gasteiger partial charge in [-0.3, -0.25) is 14.9 Å². The van der Waals surface area contributed by atoms with Gasteiger partial charge in [0.25, 0.3) is 5.69 Å². The van der Waals surface area contributed by atoms with Crippen LogP contribution in [0.25, 0.3) is 0 Å². The van der Waals surface area contributed by atoms with Crippen LogP contribution in [0.3, 0.4) is 0 Å². The van der Waals surface area contributed by atoms with Gasteiger partial charge < -0.3 is 9.80 Å². The number of amidine groups is 1. The fraction of sp³-hybridized carbons (Fsp3) is 0.300. The van der Waals surface area contributed by atoms with Crippen molar-refractivity contribution < 1.29 is 14.6 Å². The van der Waals surface area contributed by atoms with Gasteiger partial charge in [-0.1, -0.05) is 30.0 Å². The lowest BCUT2D eigenvalue weighted by molar-refractivity contribution is -0.883. The van der Waals surface area contributed by atoms with Crippen LogP contribution in [0.15, 0.2) is 59.6 Å². The predicted octanol–water partition coefficient (Wildman–Crippen LogP) is 2.03. The molecule has 8 heteroatoms. The van der Waals surface area contributed by atoms with Crippen molar-refractivity contribution in [1.82, 2.24) is 4.90 Å². The maximum Gasteiger partial charge on any atom is 0.269 e. The normalized spacial score (nSPS) is 15.5. The predicted molar refractivity (Wildman–Crippen MR) is 112 cm³/mol. The number of nitro benzene ring substituents is 1. The summed E-state index contributed by atoms with van der Waals surface area (Å²) in [6, 6.07) is 15.5. The van der Waals surface area contributed by atoms with Crippen LogP contribution in [0.4, 0.5) is 11.4 Å². The number of Topliss-reactive ketones (excluding diaryl/α,β-unsaturated/α-hetero) is 1. The molecule has 0 aliphatic carbocycles. The average molecular weight is 399 g/mol. The molecule has 0 bridgehead atoms. The smallest absolute Gasteiger partial charge is 0.269 e. The van der Waals surface area contributed by atoms with Gasteiger partial charge in [-0.25, -0.2) is 4.99 Å². The molecule has 146 valence electrons. The number of nitrogens with one attached hydrogen (secondary N) is 1. The highest BCUT2D eigenvalue weighted by atomic mass is 32.2. The first-order valence-electron chi connectivity index (χ1n) is 9.13. The zero-order chi connectivity index (χ0) is 19.9. The number of quaternary nitrogens is 1. The lowest BCUT2D eigenvalue weighted by Crippen LogP contribution is -3.12. The van der Waals surface area contributed by atoms with Gasteiger partial charge in [0.05, 0.1) is 49.6 Å². The first-order valence-corrected chi connectivity index (χ1v) is 10.1. The quantitative estimate of drug-likeness (QED) is 0.274. The molecule has 2 aromatic rings. The van der Waals surface area contributed by atoms with Crippen molar-refractivity contribution in [1.29, 1.82) is 0 Å². The van der Waals surface area contributed by atoms with Crippen molar-refractivity contribution in [3.63, 3.8) is 0 Å². The number of para-hydroxylation sites is 1. The van der Waals surface area contributed by atoms with Crippen LogP contribution in [0.5, 0.6) is 0 Å². The maximum absolute atomic E-state index is 12.5. The van der Waals surface area contributed by atoms with Crippen molar-refractivity contribution in [3.05, 3.63) is 70.3 Å². The van der Waals surface area contributed by atoms with E-state index in [1.54, 1.807) is 0 Å². The highest BCUT2D eigenvalue weighted by Gasteiger charge is 2.21. The van der Waals surface area contributed by atoms with E-state index >= 15 is 0 Å². The molecular weight excluding hydrogens is 376 g/mol. The van der Waals surface area contributed by atoms with Gasteiger partial charge in [0, 0.05) is 17.7 Å². The van der Waals surface area contributed by atoms with E-state index in [1.807, 2.05) is 30.3 Å². The number of hydrogen-bond donors (Lipinski definition) is 1. The third-order valence-corrected chi connectivity index (χ3v) is 5.62. The summed E-state index contributed by atoms with van der Waals surface area (Å²) < 4.78 is 0. The molecule has 7 nitrogen and oxygen atoms in total. The Hall–Kier alpha value is -2.71. The molecule has 1 aliphatic heterocycles. The zero-order valence-corrected chi connectivity index (χ0v) is 16.5. The van der Waals surface area contributed by atoms with Crippen LogP contribution < -0.4 is 4.90 Å². The molecular formula is C20H23N4O3S+. The van der Waals surface area contributed by atoms with Gasteiger partial charge in [-0.2, -0.15) is 0 Å². The van der Waals surface area contributed by atoms with Crippen molar-refractivity contribution in [2.75, 3.05) is 39.0 Å². The summed E-state index contributed by atoms with van der Waals surface area (Å²) in [5.74, 6) is 0.170. The third kappa shape index (κ3) is 5.40. The Kier molecular flexibility index (Phi) is 6.78. The summed E-state index contributed by atoms with van der Waals surface area (Å²) in [6.45, 7) is 3.86. The van der Waals surface area contributed by atoms with Gasteiger partial charge in [0.2, 0.25) is 0 Å². The summed E-state index contributed by atoms with van der Waals surface area (Å²) in [4.78, 5) is 31.3. The largest absolute Gasteiger partial charge is 0.340 e. The zero-order valence-electron chi connectivity index (χ0n) is 15.7. The molecule has 0 aromatic heterocycles. The van der Waals surface area contributed by atoms with Crippen molar-refractivity contribution in [3.8, 4) is 0 Å². The number of carbonyl (C=O) groups excluding carboxylic acids is 1. The van der Waals surface area contributed by atoms with Crippen LogP contribution in [0, 0.1) is 10.1 Å². The first kappa shape index (κ1) is 20.0. The van der Waals surface area contributed by atoms with Gasteiger partial charge in [0.15, 0.2) is 11.0 Å². The van der Waals surface area contributed by atoms with Gasteiger partial charge in [-0.05, 0) is 24.3 Å². The molecule has 1 saturated heterocycles. The van der Waals surface area contributed by atoms with Gasteiger partial charge in [0.1, 0.15) is 0 Å². The second kappa shape index (κ2) is 9.48. The molecule has 1 N–H and O–H groups in total. The minimum atomic E-state index is -0.469. The molecule has 0 radical (unpaired) electrons. The molecule has 0 spiro atoms. The number of benzene rings is 2. The van der Waals surface area contributed by atoms with E-state index in [0.29, 0.717) is 5.56 Å². The highest BCUT2D eigenvalue weighted by Crippen LogP contribution is 2.20. The fourth-order valence-corrected chi connectivity index (χ4v) is 3.83. The molecule has 1 fully saturated rings. The van der Waals surface area contributed by atoms with Crippen molar-refractivity contribution in [2.45, 2.75) is 0 Å². The van der Waals surface area contributed by atoms with Gasteiger partial charge >= 0.3 is 0 Å². The molecule has 1 heterocycles. The summed E-state index contributed by atoms with van der Waals surface area (Å²) in [5.41, 5.74) is 1.31. The Morgan fingerprint density at radius 3 is 2.39 bits per heavy atom. The van der Waals surface area contributed by atoms with E-state index in [9.17, 15) is 14.9 Å². The van der Waals surface area contributed by atoms with Crippen LogP contribution in [-0.2, 0) is 0 Å². The standard InChI is InChI=1S/C20H22N4O3S/c1-22-11-13-23(14-12-22)20(21-17-5-3-2-4-6-17)28-15-19(25)16-7-9-18(10-8-16)24(26)27/h2-10H,11-15H2,1H3/p+1. The number of rotatable bonds is 5. The van der Waals surface area contributed by atoms with E-state index in [2.05, 4.69) is 11.9 Å². The lowest BCUT2D eigenvalue weighted by atomic mass is 10.1. The maximum atomic E-state index is 12.5. The minimum Gasteiger partial charge on any atom is -0.340 e. The van der Waals surface area contributed by atoms with E-state index < -0.39 is 4.92 Å². The van der Waals surface area contributed by atoms with Crippen LogP contribution in [0.1, 0.15) is 10.4 Å². The van der Waals surface area contributed by atoms with Crippen LogP contribution in [-0.4, -0.2) is 59.8 Å². The van der Waals surface area contributed by atoms with E-state index in [1.165, 1.54) is 40.9 Å². The Balaban J connectivity index is 1.71. The van der Waals surface area contributed by atoms with Crippen LogP contribution in [0.2, 0.25) is 0 Å². The molecule has 0 saturated carbocycles. The SMILES string of the molecule is C[NH+]1CCN(C(=Nc2ccccc2)SCC(=O)c2ccc([N+](=O)[O-])cc2)CC1. The Morgan fingerprint density at radius 1 is 1.14 bits per heavy atom. The second-order valence-corrected chi connectivity index (χ2v) is 7.63. The van der Waals surface area contributed by atoms with Crippen molar-refractivity contribution in [2.24, 2.45) is 4.99 Å².